The summed E-state index contributed by atoms with van der Waals surface area (Å²) in [6.45, 7) is 0.727. The Morgan fingerprint density at radius 3 is 1.68 bits per heavy atom. The summed E-state index contributed by atoms with van der Waals surface area (Å²) in [5.74, 6) is -11.3. The summed E-state index contributed by atoms with van der Waals surface area (Å²) in [5, 5.41) is 61.4. The molecule has 0 radical (unpaired) electrons. The lowest BCUT2D eigenvalue weighted by Crippen LogP contribution is -2.59. The molecular weight excluding hydrogens is 853 g/mol. The molecule has 0 saturated carbocycles. The smallest absolute Gasteiger partial charge is 0.327 e. The predicted molar refractivity (Wildman–Crippen MR) is 221 cm³/mol. The van der Waals surface area contributed by atoms with E-state index in [9.17, 15) is 68.4 Å². The molecule has 0 bridgehead atoms. The van der Waals surface area contributed by atoms with Crippen LogP contribution in [0.4, 0.5) is 0 Å². The second-order valence-electron chi connectivity index (χ2n) is 14.5. The first-order valence-electron chi connectivity index (χ1n) is 19.4. The fourth-order valence-electron chi connectivity index (χ4n) is 6.29. The van der Waals surface area contributed by atoms with Crippen molar-refractivity contribution in [3.8, 4) is 11.5 Å². The number of phenolic OH excluding ortho intramolecular Hbond substituents is 2. The zero-order chi connectivity index (χ0) is 47.0. The number of phenols is 2. The number of hydrogen-bond donors (Lipinski definition) is 13. The molecule has 23 nitrogen and oxygen atoms in total. The molecule has 1 fully saturated rings. The van der Waals surface area contributed by atoms with Gasteiger partial charge in [0.1, 0.15) is 47.8 Å². The van der Waals surface area contributed by atoms with E-state index in [2.05, 4.69) is 44.5 Å². The zero-order valence-corrected chi connectivity index (χ0v) is 34.7. The van der Waals surface area contributed by atoms with Gasteiger partial charge in [0, 0.05) is 25.1 Å². The van der Waals surface area contributed by atoms with E-state index in [4.69, 9.17) is 10.8 Å². The molecule has 1 saturated heterocycles. The van der Waals surface area contributed by atoms with Crippen LogP contribution in [0, 0.1) is 0 Å². The van der Waals surface area contributed by atoms with Crippen molar-refractivity contribution in [1.82, 2.24) is 36.8 Å². The van der Waals surface area contributed by atoms with Gasteiger partial charge in [-0.15, -0.1) is 0 Å². The maximum absolute atomic E-state index is 13.7. The number of hydrogen-bond acceptors (Lipinski definition) is 14. The Labute approximate surface area is 364 Å². The number of carbonyl (C=O) groups excluding carboxylic acids is 7. The first kappa shape index (κ1) is 50.4. The fraction of sp³-hybridized carbons (Fsp3) is 0.436. The number of nitrogens with zero attached hydrogens (tertiary/aromatic N) is 1. The van der Waals surface area contributed by atoms with E-state index in [1.807, 2.05) is 0 Å². The third-order valence-corrected chi connectivity index (χ3v) is 9.93. The highest BCUT2D eigenvalue weighted by Crippen LogP contribution is 2.19. The highest BCUT2D eigenvalue weighted by Gasteiger charge is 2.38. The number of rotatable bonds is 23. The Morgan fingerprint density at radius 1 is 0.683 bits per heavy atom. The van der Waals surface area contributed by atoms with Crippen molar-refractivity contribution in [3.05, 3.63) is 59.7 Å². The lowest BCUT2D eigenvalue weighted by Gasteiger charge is -2.28. The number of aromatic hydroxyl groups is 2. The summed E-state index contributed by atoms with van der Waals surface area (Å²) < 4.78 is 0. The number of carboxylic acid groups (broad SMARTS) is 3. The number of carbonyl (C=O) groups is 10. The Bertz CT molecular complexity index is 2020. The van der Waals surface area contributed by atoms with Crippen LogP contribution in [-0.2, 0) is 60.8 Å². The molecule has 0 aromatic heterocycles. The van der Waals surface area contributed by atoms with Gasteiger partial charge in [-0.3, -0.25) is 43.2 Å². The van der Waals surface area contributed by atoms with E-state index in [0.29, 0.717) is 17.5 Å². The van der Waals surface area contributed by atoms with Gasteiger partial charge in [-0.1, -0.05) is 24.3 Å². The molecule has 24 heteroatoms. The van der Waals surface area contributed by atoms with Gasteiger partial charge < -0.3 is 68.1 Å². The normalized spacial score (nSPS) is 16.1. The summed E-state index contributed by atoms with van der Waals surface area (Å²) >= 11 is 3.92. The molecule has 342 valence electrons. The summed E-state index contributed by atoms with van der Waals surface area (Å²) in [6, 6.07) is 0.636. The van der Waals surface area contributed by atoms with Crippen LogP contribution in [-0.4, -0.2) is 151 Å². The molecule has 1 aliphatic heterocycles. The van der Waals surface area contributed by atoms with Gasteiger partial charge >= 0.3 is 17.9 Å². The van der Waals surface area contributed by atoms with E-state index in [1.54, 1.807) is 0 Å². The van der Waals surface area contributed by atoms with E-state index < -0.39 is 121 Å². The van der Waals surface area contributed by atoms with Crippen molar-refractivity contribution in [1.29, 1.82) is 0 Å². The van der Waals surface area contributed by atoms with Crippen LogP contribution in [0.15, 0.2) is 48.5 Å². The van der Waals surface area contributed by atoms with Crippen molar-refractivity contribution in [3.63, 3.8) is 0 Å². The number of nitrogens with one attached hydrogen (secondary N) is 6. The topological polar surface area (TPSA) is 373 Å². The maximum atomic E-state index is 13.7. The summed E-state index contributed by atoms with van der Waals surface area (Å²) in [6.07, 6.45) is -1.77. The number of thiol groups is 1. The van der Waals surface area contributed by atoms with Gasteiger partial charge in [0.25, 0.3) is 0 Å². The predicted octanol–water partition coefficient (Wildman–Crippen LogP) is -3.27. The molecule has 2 aromatic rings. The average Bonchev–Trinajstić information content (AvgIpc) is 3.72. The Balaban J connectivity index is 1.76. The number of amides is 7. The van der Waals surface area contributed by atoms with Crippen molar-refractivity contribution in [2.24, 2.45) is 5.73 Å². The number of benzene rings is 2. The lowest BCUT2D eigenvalue weighted by molar-refractivity contribution is -0.144. The third-order valence-electron chi connectivity index (χ3n) is 9.57. The van der Waals surface area contributed by atoms with Crippen molar-refractivity contribution >= 4 is 71.9 Å². The molecule has 1 aliphatic rings. The van der Waals surface area contributed by atoms with E-state index >= 15 is 0 Å². The molecule has 1 heterocycles. The van der Waals surface area contributed by atoms with Crippen LogP contribution in [0.1, 0.15) is 43.7 Å². The summed E-state index contributed by atoms with van der Waals surface area (Å²) in [7, 11) is 0. The molecule has 13 N–H and O–H groups in total. The Hall–Kier alpha value is -6.95. The van der Waals surface area contributed by atoms with E-state index in [0.717, 1.165) is 0 Å². The highest BCUT2D eigenvalue weighted by molar-refractivity contribution is 7.80. The van der Waals surface area contributed by atoms with E-state index in [1.165, 1.54) is 60.4 Å². The fourth-order valence-corrected chi connectivity index (χ4v) is 6.54. The first-order valence-corrected chi connectivity index (χ1v) is 20.0. The monoisotopic (exact) mass is 902 g/mol. The third kappa shape index (κ3) is 16.1. The van der Waals surface area contributed by atoms with Crippen LogP contribution in [0.3, 0.4) is 0 Å². The minimum absolute atomic E-state index is 0.125. The second kappa shape index (κ2) is 23.9. The molecule has 63 heavy (non-hydrogen) atoms. The molecule has 0 spiro atoms. The molecule has 0 unspecified atom stereocenters. The lowest BCUT2D eigenvalue weighted by atomic mass is 10.0. The van der Waals surface area contributed by atoms with Gasteiger partial charge in [0.2, 0.25) is 41.4 Å². The molecule has 3 rings (SSSR count). The zero-order valence-electron chi connectivity index (χ0n) is 33.8. The summed E-state index contributed by atoms with van der Waals surface area (Å²) in [5.41, 5.74) is 6.42. The van der Waals surface area contributed by atoms with E-state index in [-0.39, 0.29) is 43.1 Å². The molecular formula is C39H50N8O15S. The number of carboxylic acids is 3. The van der Waals surface area contributed by atoms with Gasteiger partial charge in [-0.05, 0) is 55.2 Å². The standard InChI is InChI=1S/C39H50N8O15S/c1-19(38(60)47-12-2-3-29(47)37(59)46-28(18-63)39(61)62)42-30(50)17-41-34(56)25(13-20-4-8-22(48)9-5-20)44-36(58)27(16-32(53)54)45-35(57)26(14-21-6-10-23(49)11-7-21)43-33(55)24(40)15-31(51)52/h4-11,19,24-29,48-49,63H,2-3,12-18,40H2,1H3,(H,41,56)(H,42,50)(H,43,55)(H,44,58)(H,45,57)(H,46,59)(H,51,52)(H,53,54)(H,61,62)/t19-,24-,25-,26-,27-,28-,29-/m0/s1. The van der Waals surface area contributed by atoms with Crippen LogP contribution in [0.25, 0.3) is 0 Å². The largest absolute Gasteiger partial charge is 0.508 e. The average molecular weight is 903 g/mol. The van der Waals surface area contributed by atoms with Gasteiger partial charge in [-0.2, -0.15) is 12.6 Å². The Kier molecular flexibility index (Phi) is 19.1. The molecule has 7 atom stereocenters. The van der Waals surface area contributed by atoms with Crippen molar-refractivity contribution in [2.75, 3.05) is 18.8 Å². The molecule has 7 amide bonds. The van der Waals surface area contributed by atoms with Gasteiger partial charge in [0.15, 0.2) is 0 Å². The van der Waals surface area contributed by atoms with Crippen LogP contribution in [0.2, 0.25) is 0 Å². The van der Waals surface area contributed by atoms with Gasteiger partial charge in [0.05, 0.1) is 25.4 Å². The van der Waals surface area contributed by atoms with Crippen molar-refractivity contribution < 1.29 is 73.5 Å². The van der Waals surface area contributed by atoms with Crippen molar-refractivity contribution in [2.45, 2.75) is 87.7 Å². The quantitative estimate of drug-likeness (QED) is 0.0487. The maximum Gasteiger partial charge on any atom is 0.327 e. The first-order chi connectivity index (χ1) is 29.7. The van der Waals surface area contributed by atoms with Crippen LogP contribution >= 0.6 is 12.6 Å². The number of likely N-dealkylation sites (tertiary alicyclic amines) is 1. The SMILES string of the molecule is C[C@H](NC(=O)CNC(=O)[C@H](Cc1ccc(O)cc1)NC(=O)[C@H](CC(=O)O)NC(=O)[C@H](Cc1ccc(O)cc1)NC(=O)[C@@H](N)CC(=O)O)C(=O)N1CCC[C@H]1C(=O)N[C@@H](CS)C(=O)O. The number of nitrogens with two attached hydrogens (primary N) is 1. The van der Waals surface area contributed by atoms with Gasteiger partial charge in [-0.25, -0.2) is 4.79 Å². The number of aliphatic carboxylic acids is 3. The summed E-state index contributed by atoms with van der Waals surface area (Å²) in [4.78, 5) is 128. The molecule has 2 aromatic carbocycles. The Morgan fingerprint density at radius 2 is 1.17 bits per heavy atom. The minimum atomic E-state index is -1.89. The minimum Gasteiger partial charge on any atom is -0.508 e. The van der Waals surface area contributed by atoms with Crippen LogP contribution < -0.4 is 37.6 Å². The molecule has 0 aliphatic carbocycles. The highest BCUT2D eigenvalue weighted by atomic mass is 32.1. The van der Waals surface area contributed by atoms with Crippen LogP contribution in [0.5, 0.6) is 11.5 Å². The second-order valence-corrected chi connectivity index (χ2v) is 14.9.